The first-order valence-corrected chi connectivity index (χ1v) is 4.26. The van der Waals surface area contributed by atoms with Gasteiger partial charge in [-0.2, -0.15) is 0 Å². The zero-order chi connectivity index (χ0) is 10.1. The van der Waals surface area contributed by atoms with Crippen molar-refractivity contribution < 1.29 is 14.7 Å². The minimum Gasteiger partial charge on any atom is -0.481 e. The first-order valence-electron chi connectivity index (χ1n) is 4.26. The minimum atomic E-state index is -0.872. The molecule has 0 saturated heterocycles. The Morgan fingerprint density at radius 3 is 2.69 bits per heavy atom. The van der Waals surface area contributed by atoms with E-state index in [-0.39, 0.29) is 6.04 Å². The Bertz CT molecular complexity index is 242. The number of hydrogen-bond acceptors (Lipinski definition) is 2. The van der Waals surface area contributed by atoms with Crippen LogP contribution in [0, 0.1) is 5.41 Å². The van der Waals surface area contributed by atoms with E-state index >= 15 is 0 Å². The quantitative estimate of drug-likeness (QED) is 0.579. The van der Waals surface area contributed by atoms with Crippen molar-refractivity contribution in [3.05, 3.63) is 0 Å². The van der Waals surface area contributed by atoms with Crippen molar-refractivity contribution in [3.8, 4) is 0 Å². The zero-order valence-corrected chi connectivity index (χ0v) is 7.54. The van der Waals surface area contributed by atoms with Gasteiger partial charge in [0.1, 0.15) is 0 Å². The molecule has 1 rings (SSSR count). The van der Waals surface area contributed by atoms with Crippen molar-refractivity contribution in [1.29, 1.82) is 0 Å². The van der Waals surface area contributed by atoms with Crippen LogP contribution < -0.4 is 11.1 Å². The van der Waals surface area contributed by atoms with Gasteiger partial charge in [-0.15, -0.1) is 0 Å². The summed E-state index contributed by atoms with van der Waals surface area (Å²) in [5.74, 6) is -0.872. The van der Waals surface area contributed by atoms with Crippen molar-refractivity contribution >= 4 is 12.0 Å². The largest absolute Gasteiger partial charge is 0.481 e. The number of primary amides is 1. The molecule has 1 saturated carbocycles. The van der Waals surface area contributed by atoms with Crippen LogP contribution in [0.3, 0.4) is 0 Å². The fourth-order valence-corrected chi connectivity index (χ4v) is 1.83. The number of nitrogens with one attached hydrogen (secondary N) is 1. The molecule has 0 aromatic carbocycles. The second kappa shape index (κ2) is 3.24. The summed E-state index contributed by atoms with van der Waals surface area (Å²) < 4.78 is 0. The molecule has 2 amide bonds. The molecule has 0 radical (unpaired) electrons. The first kappa shape index (κ1) is 9.83. The number of aliphatic carboxylic acids is 1. The maximum atomic E-state index is 10.9. The topological polar surface area (TPSA) is 92.4 Å². The average molecular weight is 186 g/mol. The molecule has 13 heavy (non-hydrogen) atoms. The highest BCUT2D eigenvalue weighted by Gasteiger charge is 2.45. The lowest BCUT2D eigenvalue weighted by Gasteiger charge is -2.26. The maximum Gasteiger partial charge on any atom is 0.312 e. The summed E-state index contributed by atoms with van der Waals surface area (Å²) in [5.41, 5.74) is 4.10. The molecular formula is C8H14N2O3. The van der Waals surface area contributed by atoms with Crippen molar-refractivity contribution in [2.24, 2.45) is 11.1 Å². The molecule has 4 N–H and O–H groups in total. The lowest BCUT2D eigenvalue weighted by molar-refractivity contribution is -0.148. The van der Waals surface area contributed by atoms with Crippen LogP contribution in [0.1, 0.15) is 26.2 Å². The molecule has 0 heterocycles. The van der Waals surface area contributed by atoms with E-state index in [1.165, 1.54) is 0 Å². The van der Waals surface area contributed by atoms with Crippen LogP contribution in [-0.4, -0.2) is 23.1 Å². The Hall–Kier alpha value is -1.26. The monoisotopic (exact) mass is 186 g/mol. The van der Waals surface area contributed by atoms with Gasteiger partial charge in [0.15, 0.2) is 0 Å². The van der Waals surface area contributed by atoms with Gasteiger partial charge in [0, 0.05) is 6.04 Å². The van der Waals surface area contributed by atoms with E-state index < -0.39 is 17.4 Å². The lowest BCUT2D eigenvalue weighted by atomic mass is 9.85. The zero-order valence-electron chi connectivity index (χ0n) is 7.54. The number of rotatable bonds is 2. The van der Waals surface area contributed by atoms with Crippen molar-refractivity contribution in [2.45, 2.75) is 32.2 Å². The lowest BCUT2D eigenvalue weighted by Crippen LogP contribution is -2.48. The molecule has 0 bridgehead atoms. The molecule has 5 nitrogen and oxygen atoms in total. The molecule has 1 aliphatic carbocycles. The number of amides is 2. The minimum absolute atomic E-state index is 0.331. The van der Waals surface area contributed by atoms with Gasteiger partial charge in [-0.3, -0.25) is 4.79 Å². The molecule has 0 aromatic heterocycles. The Morgan fingerprint density at radius 2 is 2.23 bits per heavy atom. The van der Waals surface area contributed by atoms with Crippen molar-refractivity contribution in [2.75, 3.05) is 0 Å². The molecule has 1 aliphatic rings. The SMILES string of the molecule is CC1(C(=O)O)CCCC1NC(N)=O. The maximum absolute atomic E-state index is 10.9. The Labute approximate surface area is 76.3 Å². The van der Waals surface area contributed by atoms with E-state index in [0.29, 0.717) is 12.8 Å². The fourth-order valence-electron chi connectivity index (χ4n) is 1.83. The number of urea groups is 1. The van der Waals surface area contributed by atoms with Gasteiger partial charge < -0.3 is 16.2 Å². The third kappa shape index (κ3) is 1.74. The Morgan fingerprint density at radius 1 is 1.62 bits per heavy atom. The smallest absolute Gasteiger partial charge is 0.312 e. The normalized spacial score (nSPS) is 32.8. The summed E-state index contributed by atoms with van der Waals surface area (Å²) in [6.07, 6.45) is 2.09. The van der Waals surface area contributed by atoms with E-state index in [9.17, 15) is 9.59 Å². The molecular weight excluding hydrogens is 172 g/mol. The van der Waals surface area contributed by atoms with Crippen LogP contribution in [-0.2, 0) is 4.79 Å². The third-order valence-corrected chi connectivity index (χ3v) is 2.76. The third-order valence-electron chi connectivity index (χ3n) is 2.76. The predicted octanol–water partition coefficient (Wildman–Crippen LogP) is 0.298. The van der Waals surface area contributed by atoms with E-state index in [1.54, 1.807) is 6.92 Å². The second-order valence-electron chi connectivity index (χ2n) is 3.68. The summed E-state index contributed by atoms with van der Waals surface area (Å²) >= 11 is 0. The van der Waals surface area contributed by atoms with Gasteiger partial charge in [-0.05, 0) is 19.8 Å². The highest BCUT2D eigenvalue weighted by molar-refractivity contribution is 5.78. The van der Waals surface area contributed by atoms with Crippen LogP contribution in [0.5, 0.6) is 0 Å². The standard InChI is InChI=1S/C8H14N2O3/c1-8(6(11)12)4-2-3-5(8)10-7(9)13/h5H,2-4H2,1H3,(H,11,12)(H3,9,10,13). The molecule has 0 spiro atoms. The van der Waals surface area contributed by atoms with E-state index in [2.05, 4.69) is 5.32 Å². The predicted molar refractivity (Wildman–Crippen MR) is 46.1 cm³/mol. The molecule has 74 valence electrons. The Balaban J connectivity index is 2.73. The summed E-state index contributed by atoms with van der Waals surface area (Å²) in [4.78, 5) is 21.5. The summed E-state index contributed by atoms with van der Waals surface area (Å²) in [5, 5.41) is 11.4. The number of nitrogens with two attached hydrogens (primary N) is 1. The molecule has 2 unspecified atom stereocenters. The highest BCUT2D eigenvalue weighted by atomic mass is 16.4. The van der Waals surface area contributed by atoms with E-state index in [1.807, 2.05) is 0 Å². The highest BCUT2D eigenvalue weighted by Crippen LogP contribution is 2.37. The number of carbonyl (C=O) groups is 2. The summed E-state index contributed by atoms with van der Waals surface area (Å²) in [7, 11) is 0. The van der Waals surface area contributed by atoms with Gasteiger partial charge in [0.25, 0.3) is 0 Å². The molecule has 2 atom stereocenters. The number of hydrogen-bond donors (Lipinski definition) is 3. The van der Waals surface area contributed by atoms with Crippen molar-refractivity contribution in [3.63, 3.8) is 0 Å². The number of carboxylic acids is 1. The van der Waals surface area contributed by atoms with Gasteiger partial charge in [0.05, 0.1) is 5.41 Å². The van der Waals surface area contributed by atoms with Crippen LogP contribution in [0.2, 0.25) is 0 Å². The Kier molecular flexibility index (Phi) is 2.45. The van der Waals surface area contributed by atoms with Gasteiger partial charge in [-0.1, -0.05) is 6.42 Å². The molecule has 0 aromatic rings. The second-order valence-corrected chi connectivity index (χ2v) is 3.68. The van der Waals surface area contributed by atoms with Crippen LogP contribution >= 0.6 is 0 Å². The molecule has 5 heteroatoms. The molecule has 0 aliphatic heterocycles. The van der Waals surface area contributed by atoms with Crippen LogP contribution in [0.25, 0.3) is 0 Å². The van der Waals surface area contributed by atoms with Crippen LogP contribution in [0.15, 0.2) is 0 Å². The first-order chi connectivity index (χ1) is 5.97. The van der Waals surface area contributed by atoms with Crippen molar-refractivity contribution in [1.82, 2.24) is 5.32 Å². The average Bonchev–Trinajstić information content (AvgIpc) is 2.33. The summed E-state index contributed by atoms with van der Waals surface area (Å²) in [6, 6.07) is -0.984. The van der Waals surface area contributed by atoms with Gasteiger partial charge in [-0.25, -0.2) is 4.79 Å². The summed E-state index contributed by atoms with van der Waals surface area (Å²) in [6.45, 7) is 1.64. The molecule has 1 fully saturated rings. The van der Waals surface area contributed by atoms with E-state index in [4.69, 9.17) is 10.8 Å². The fraction of sp³-hybridized carbons (Fsp3) is 0.750. The number of carbonyl (C=O) groups excluding carboxylic acids is 1. The van der Waals surface area contributed by atoms with Gasteiger partial charge in [0.2, 0.25) is 0 Å². The van der Waals surface area contributed by atoms with Crippen LogP contribution in [0.4, 0.5) is 4.79 Å². The van der Waals surface area contributed by atoms with E-state index in [0.717, 1.165) is 6.42 Å². The number of carboxylic acid groups (broad SMARTS) is 1. The van der Waals surface area contributed by atoms with Gasteiger partial charge >= 0.3 is 12.0 Å².